The fourth-order valence-corrected chi connectivity index (χ4v) is 1.91. The summed E-state index contributed by atoms with van der Waals surface area (Å²) in [4.78, 5) is 16.4. The monoisotopic (exact) mass is 216 g/mol. The van der Waals surface area contributed by atoms with Crippen molar-refractivity contribution in [1.82, 2.24) is 0 Å². The van der Waals surface area contributed by atoms with Crippen molar-refractivity contribution in [2.75, 3.05) is 18.0 Å². The predicted octanol–water partition coefficient (Wildman–Crippen LogP) is 2.35. The van der Waals surface area contributed by atoms with Crippen LogP contribution in [0.4, 0.5) is 5.69 Å². The number of hydrogen-bond donors (Lipinski definition) is 0. The molecule has 1 aliphatic rings. The van der Waals surface area contributed by atoms with Crippen molar-refractivity contribution in [3.05, 3.63) is 40.8 Å². The van der Waals surface area contributed by atoms with Gasteiger partial charge in [-0.3, -0.25) is 4.79 Å². The Labute approximate surface area is 93.3 Å². The van der Waals surface area contributed by atoms with E-state index < -0.39 is 0 Å². The van der Waals surface area contributed by atoms with Gasteiger partial charge in [0.15, 0.2) is 0 Å². The number of carbonyl (C=O) groups excluding carboxylic acids is 1. The smallest absolute Gasteiger partial charge is 0.230 e. The van der Waals surface area contributed by atoms with Crippen molar-refractivity contribution in [3.63, 3.8) is 0 Å². The number of amides is 1. The maximum absolute atomic E-state index is 12.0. The number of para-hydroxylation sites is 1. The zero-order valence-corrected chi connectivity index (χ0v) is 8.78. The lowest BCUT2D eigenvalue weighted by molar-refractivity contribution is -0.120. The maximum Gasteiger partial charge on any atom is 0.230 e. The number of anilines is 1. The van der Waals surface area contributed by atoms with Gasteiger partial charge in [-0.05, 0) is 24.1 Å². The molecule has 1 saturated heterocycles. The molecule has 0 spiro atoms. The van der Waals surface area contributed by atoms with Crippen molar-refractivity contribution < 1.29 is 4.79 Å². The van der Waals surface area contributed by atoms with Crippen LogP contribution >= 0.6 is 0 Å². The number of nitrogens with zero attached hydrogens (tertiary/aromatic N) is 4. The van der Waals surface area contributed by atoms with E-state index in [1.807, 2.05) is 30.3 Å². The third-order valence-corrected chi connectivity index (χ3v) is 2.75. The van der Waals surface area contributed by atoms with E-state index in [1.165, 1.54) is 0 Å². The first-order chi connectivity index (χ1) is 7.83. The highest BCUT2D eigenvalue weighted by Crippen LogP contribution is 2.24. The van der Waals surface area contributed by atoms with Gasteiger partial charge in [0.05, 0.1) is 0 Å². The summed E-state index contributed by atoms with van der Waals surface area (Å²) in [6.45, 7) is 0.965. The Balaban J connectivity index is 2.10. The first-order valence-corrected chi connectivity index (χ1v) is 5.20. The normalized spacial score (nSPS) is 19.6. The minimum absolute atomic E-state index is 0.0543. The summed E-state index contributed by atoms with van der Waals surface area (Å²) in [5, 5.41) is 3.47. The molecule has 0 aromatic heterocycles. The summed E-state index contributed by atoms with van der Waals surface area (Å²) in [6.07, 6.45) is 0.757. The number of rotatable bonds is 3. The summed E-state index contributed by atoms with van der Waals surface area (Å²) < 4.78 is 0. The molecule has 1 atom stereocenters. The molecule has 2 rings (SSSR count). The van der Waals surface area contributed by atoms with E-state index in [9.17, 15) is 4.79 Å². The van der Waals surface area contributed by atoms with E-state index in [1.54, 1.807) is 4.90 Å². The maximum atomic E-state index is 12.0. The van der Waals surface area contributed by atoms with Crippen molar-refractivity contribution in [2.45, 2.75) is 6.42 Å². The quantitative estimate of drug-likeness (QED) is 0.434. The molecule has 1 aromatic rings. The van der Waals surface area contributed by atoms with Gasteiger partial charge < -0.3 is 4.90 Å². The first-order valence-electron chi connectivity index (χ1n) is 5.20. The molecule has 1 heterocycles. The lowest BCUT2D eigenvalue weighted by Gasteiger charge is -2.16. The van der Waals surface area contributed by atoms with Crippen LogP contribution in [-0.4, -0.2) is 19.0 Å². The van der Waals surface area contributed by atoms with E-state index in [0.29, 0.717) is 6.54 Å². The van der Waals surface area contributed by atoms with Crippen LogP contribution in [0.15, 0.2) is 35.4 Å². The third-order valence-electron chi connectivity index (χ3n) is 2.75. The molecule has 16 heavy (non-hydrogen) atoms. The molecule has 0 bridgehead atoms. The zero-order chi connectivity index (χ0) is 11.4. The summed E-state index contributed by atoms with van der Waals surface area (Å²) in [7, 11) is 0. The molecule has 0 saturated carbocycles. The second-order valence-corrected chi connectivity index (χ2v) is 3.72. The van der Waals surface area contributed by atoms with Crippen LogP contribution in [-0.2, 0) is 4.79 Å². The predicted molar refractivity (Wildman–Crippen MR) is 60.9 cm³/mol. The van der Waals surface area contributed by atoms with Crippen LogP contribution in [0, 0.1) is 5.92 Å². The Hall–Kier alpha value is -2.00. The van der Waals surface area contributed by atoms with Gasteiger partial charge in [-0.2, -0.15) is 0 Å². The number of hydrogen-bond acceptors (Lipinski definition) is 2. The third kappa shape index (κ3) is 1.99. The average molecular weight is 216 g/mol. The van der Waals surface area contributed by atoms with E-state index >= 15 is 0 Å². The topological polar surface area (TPSA) is 69.1 Å². The van der Waals surface area contributed by atoms with Gasteiger partial charge in [-0.15, -0.1) is 0 Å². The average Bonchev–Trinajstić information content (AvgIpc) is 2.69. The minimum atomic E-state index is -0.156. The highest BCUT2D eigenvalue weighted by molar-refractivity contribution is 5.97. The van der Waals surface area contributed by atoms with Gasteiger partial charge in [-0.1, -0.05) is 23.3 Å². The molecular weight excluding hydrogens is 204 g/mol. The Morgan fingerprint density at radius 1 is 1.44 bits per heavy atom. The molecule has 0 radical (unpaired) electrons. The number of azide groups is 1. The van der Waals surface area contributed by atoms with Crippen molar-refractivity contribution in [2.24, 2.45) is 11.0 Å². The van der Waals surface area contributed by atoms with Crippen molar-refractivity contribution in [1.29, 1.82) is 0 Å². The Bertz CT molecular complexity index is 425. The minimum Gasteiger partial charge on any atom is -0.312 e. The Morgan fingerprint density at radius 3 is 2.88 bits per heavy atom. The fourth-order valence-electron chi connectivity index (χ4n) is 1.91. The standard InChI is InChI=1S/C11H12N4O/c12-14-13-8-9-6-7-15(11(9)16)10-4-2-1-3-5-10/h1-5,9H,6-8H2. The van der Waals surface area contributed by atoms with Crippen LogP contribution in [0.1, 0.15) is 6.42 Å². The van der Waals surface area contributed by atoms with E-state index in [-0.39, 0.29) is 18.4 Å². The van der Waals surface area contributed by atoms with Crippen LogP contribution in [0.25, 0.3) is 10.4 Å². The Kier molecular flexibility index (Phi) is 3.08. The molecule has 82 valence electrons. The van der Waals surface area contributed by atoms with Gasteiger partial charge in [0.1, 0.15) is 0 Å². The second-order valence-electron chi connectivity index (χ2n) is 3.72. The Morgan fingerprint density at radius 2 is 2.19 bits per heavy atom. The van der Waals surface area contributed by atoms with Crippen LogP contribution in [0.3, 0.4) is 0 Å². The van der Waals surface area contributed by atoms with Gasteiger partial charge >= 0.3 is 0 Å². The largest absolute Gasteiger partial charge is 0.312 e. The lowest BCUT2D eigenvalue weighted by Crippen LogP contribution is -2.27. The van der Waals surface area contributed by atoms with Gasteiger partial charge in [-0.25, -0.2) is 0 Å². The molecular formula is C11H12N4O. The SMILES string of the molecule is [N-]=[N+]=NCC1CCN(c2ccccc2)C1=O. The molecule has 0 aliphatic carbocycles. The zero-order valence-electron chi connectivity index (χ0n) is 8.78. The number of benzene rings is 1. The van der Waals surface area contributed by atoms with Crippen LogP contribution < -0.4 is 4.90 Å². The summed E-state index contributed by atoms with van der Waals surface area (Å²) in [6, 6.07) is 9.55. The lowest BCUT2D eigenvalue weighted by atomic mass is 10.1. The van der Waals surface area contributed by atoms with Gasteiger partial charge in [0, 0.05) is 29.6 Å². The molecule has 1 aliphatic heterocycles. The molecule has 1 aromatic carbocycles. The van der Waals surface area contributed by atoms with Crippen molar-refractivity contribution >= 4 is 11.6 Å². The summed E-state index contributed by atoms with van der Waals surface area (Å²) in [5.41, 5.74) is 9.14. The molecule has 0 N–H and O–H groups in total. The van der Waals surface area contributed by atoms with Crippen molar-refractivity contribution in [3.8, 4) is 0 Å². The highest BCUT2D eigenvalue weighted by Gasteiger charge is 2.31. The fraction of sp³-hybridized carbons (Fsp3) is 0.364. The molecule has 5 nitrogen and oxygen atoms in total. The second kappa shape index (κ2) is 4.68. The van der Waals surface area contributed by atoms with E-state index in [2.05, 4.69) is 10.0 Å². The first kappa shape index (κ1) is 10.5. The van der Waals surface area contributed by atoms with E-state index in [0.717, 1.165) is 12.1 Å². The number of carbonyl (C=O) groups is 1. The summed E-state index contributed by atoms with van der Waals surface area (Å²) in [5.74, 6) is -0.102. The van der Waals surface area contributed by atoms with Crippen LogP contribution in [0.5, 0.6) is 0 Å². The van der Waals surface area contributed by atoms with Gasteiger partial charge in [0.25, 0.3) is 0 Å². The van der Waals surface area contributed by atoms with E-state index in [4.69, 9.17) is 5.53 Å². The highest BCUT2D eigenvalue weighted by atomic mass is 16.2. The summed E-state index contributed by atoms with van der Waals surface area (Å²) >= 11 is 0. The van der Waals surface area contributed by atoms with Gasteiger partial charge in [0.2, 0.25) is 5.91 Å². The van der Waals surface area contributed by atoms with Crippen LogP contribution in [0.2, 0.25) is 0 Å². The molecule has 1 unspecified atom stereocenters. The molecule has 5 heteroatoms. The molecule has 1 amide bonds. The molecule has 1 fully saturated rings.